The van der Waals surface area contributed by atoms with Crippen LogP contribution in [0.25, 0.3) is 0 Å². The van der Waals surface area contributed by atoms with Crippen LogP contribution in [0.1, 0.15) is 46.5 Å². The number of aliphatic hydroxyl groups excluding tert-OH is 1. The minimum atomic E-state index is -0.785. The van der Waals surface area contributed by atoms with Gasteiger partial charge in [-0.05, 0) is 19.3 Å². The maximum atomic E-state index is 11.3. The van der Waals surface area contributed by atoms with Crippen LogP contribution >= 0.6 is 0 Å². The molecule has 1 unspecified atom stereocenters. The number of ketones is 2. The Labute approximate surface area is 85.5 Å². The summed E-state index contributed by atoms with van der Waals surface area (Å²) in [5, 5.41) is 9.31. The quantitative estimate of drug-likeness (QED) is 0.680. The van der Waals surface area contributed by atoms with E-state index in [1.54, 1.807) is 0 Å². The van der Waals surface area contributed by atoms with E-state index in [9.17, 15) is 14.7 Å². The second kappa shape index (κ2) is 6.71. The average Bonchev–Trinajstić information content (AvgIpc) is 1.98. The molecule has 0 saturated heterocycles. The summed E-state index contributed by atoms with van der Waals surface area (Å²) in [5.41, 5.74) is 0. The number of hydrogen-bond acceptors (Lipinski definition) is 3. The van der Waals surface area contributed by atoms with Gasteiger partial charge in [-0.25, -0.2) is 0 Å². The molecule has 0 saturated carbocycles. The molecular formula is C11H20O3. The van der Waals surface area contributed by atoms with Crippen LogP contribution in [0.15, 0.2) is 0 Å². The fourth-order valence-electron chi connectivity index (χ4n) is 1.22. The third kappa shape index (κ3) is 7.92. The Kier molecular flexibility index (Phi) is 6.37. The zero-order valence-electron chi connectivity index (χ0n) is 9.25. The SMILES string of the molecule is CC(=O)CC(O)CC(=O)CCC(C)C. The van der Waals surface area contributed by atoms with Gasteiger partial charge in [0.2, 0.25) is 0 Å². The van der Waals surface area contributed by atoms with E-state index < -0.39 is 6.10 Å². The molecule has 0 heterocycles. The zero-order chi connectivity index (χ0) is 11.1. The van der Waals surface area contributed by atoms with Gasteiger partial charge in [0.1, 0.15) is 11.6 Å². The van der Waals surface area contributed by atoms with Crippen molar-refractivity contribution in [1.29, 1.82) is 0 Å². The lowest BCUT2D eigenvalue weighted by atomic mass is 10.0. The lowest BCUT2D eigenvalue weighted by Crippen LogP contribution is -2.16. The maximum Gasteiger partial charge on any atom is 0.135 e. The predicted octanol–water partition coefficient (Wildman–Crippen LogP) is 1.72. The molecule has 82 valence electrons. The van der Waals surface area contributed by atoms with Crippen molar-refractivity contribution in [2.75, 3.05) is 0 Å². The van der Waals surface area contributed by atoms with Gasteiger partial charge >= 0.3 is 0 Å². The highest BCUT2D eigenvalue weighted by atomic mass is 16.3. The molecule has 0 amide bonds. The van der Waals surface area contributed by atoms with Crippen LogP contribution in [0.5, 0.6) is 0 Å². The topological polar surface area (TPSA) is 54.4 Å². The Morgan fingerprint density at radius 3 is 2.21 bits per heavy atom. The third-order valence-electron chi connectivity index (χ3n) is 1.99. The first-order valence-corrected chi connectivity index (χ1v) is 5.11. The van der Waals surface area contributed by atoms with E-state index in [0.29, 0.717) is 12.3 Å². The normalized spacial score (nSPS) is 12.9. The standard InChI is InChI=1S/C11H20O3/c1-8(2)4-5-10(13)7-11(14)6-9(3)12/h8,11,14H,4-7H2,1-3H3. The van der Waals surface area contributed by atoms with Crippen molar-refractivity contribution in [2.24, 2.45) is 5.92 Å². The Hall–Kier alpha value is -0.700. The Morgan fingerprint density at radius 2 is 1.79 bits per heavy atom. The molecule has 0 rings (SSSR count). The number of carbonyl (C=O) groups excluding carboxylic acids is 2. The minimum absolute atomic E-state index is 0.0486. The molecular weight excluding hydrogens is 180 g/mol. The first-order chi connectivity index (χ1) is 6.41. The predicted molar refractivity (Wildman–Crippen MR) is 55.0 cm³/mol. The molecule has 0 aromatic rings. The molecule has 0 aromatic carbocycles. The molecule has 0 fully saturated rings. The molecule has 1 N–H and O–H groups in total. The molecule has 0 aliphatic carbocycles. The fraction of sp³-hybridized carbons (Fsp3) is 0.818. The van der Waals surface area contributed by atoms with Gasteiger partial charge in [-0.15, -0.1) is 0 Å². The van der Waals surface area contributed by atoms with Gasteiger partial charge in [-0.1, -0.05) is 13.8 Å². The van der Waals surface area contributed by atoms with E-state index >= 15 is 0 Å². The van der Waals surface area contributed by atoms with Crippen molar-refractivity contribution in [3.63, 3.8) is 0 Å². The second-order valence-electron chi connectivity index (χ2n) is 4.24. The summed E-state index contributed by atoms with van der Waals surface area (Å²) in [4.78, 5) is 21.9. The van der Waals surface area contributed by atoms with E-state index in [4.69, 9.17) is 0 Å². The first kappa shape index (κ1) is 13.3. The van der Waals surface area contributed by atoms with Crippen LogP contribution in [-0.4, -0.2) is 22.8 Å². The molecule has 0 spiro atoms. The number of rotatable bonds is 7. The van der Waals surface area contributed by atoms with Crippen LogP contribution in [-0.2, 0) is 9.59 Å². The van der Waals surface area contributed by atoms with Crippen molar-refractivity contribution >= 4 is 11.6 Å². The Balaban J connectivity index is 3.66. The molecule has 3 heteroatoms. The summed E-state index contributed by atoms with van der Waals surface area (Å²) in [6, 6.07) is 0. The van der Waals surface area contributed by atoms with Gasteiger partial charge in [0.25, 0.3) is 0 Å². The maximum absolute atomic E-state index is 11.3. The fourth-order valence-corrected chi connectivity index (χ4v) is 1.22. The van der Waals surface area contributed by atoms with E-state index in [-0.39, 0.29) is 24.4 Å². The van der Waals surface area contributed by atoms with E-state index in [2.05, 4.69) is 13.8 Å². The zero-order valence-corrected chi connectivity index (χ0v) is 9.25. The summed E-state index contributed by atoms with van der Waals surface area (Å²) in [6.45, 7) is 5.53. The van der Waals surface area contributed by atoms with Gasteiger partial charge in [-0.3, -0.25) is 9.59 Å². The summed E-state index contributed by atoms with van der Waals surface area (Å²) in [7, 11) is 0. The Morgan fingerprint density at radius 1 is 1.21 bits per heavy atom. The van der Waals surface area contributed by atoms with Crippen molar-refractivity contribution < 1.29 is 14.7 Å². The Bertz CT molecular complexity index is 197. The van der Waals surface area contributed by atoms with E-state index in [1.165, 1.54) is 6.92 Å². The summed E-state index contributed by atoms with van der Waals surface area (Å²) in [5.74, 6) is 0.477. The average molecular weight is 200 g/mol. The highest BCUT2D eigenvalue weighted by molar-refractivity contribution is 5.81. The first-order valence-electron chi connectivity index (χ1n) is 5.11. The molecule has 0 aromatic heterocycles. The van der Waals surface area contributed by atoms with Crippen LogP contribution in [0.2, 0.25) is 0 Å². The van der Waals surface area contributed by atoms with Gasteiger partial charge in [0, 0.05) is 19.3 Å². The summed E-state index contributed by atoms with van der Waals surface area (Å²) < 4.78 is 0. The van der Waals surface area contributed by atoms with Gasteiger partial charge in [-0.2, -0.15) is 0 Å². The van der Waals surface area contributed by atoms with Crippen molar-refractivity contribution in [1.82, 2.24) is 0 Å². The van der Waals surface area contributed by atoms with Crippen molar-refractivity contribution in [3.8, 4) is 0 Å². The van der Waals surface area contributed by atoms with Crippen molar-refractivity contribution in [3.05, 3.63) is 0 Å². The van der Waals surface area contributed by atoms with Gasteiger partial charge in [0.15, 0.2) is 0 Å². The van der Waals surface area contributed by atoms with Gasteiger partial charge < -0.3 is 5.11 Å². The number of Topliss-reactive ketones (excluding diaryl/α,β-unsaturated/α-hetero) is 2. The lowest BCUT2D eigenvalue weighted by Gasteiger charge is -2.08. The third-order valence-corrected chi connectivity index (χ3v) is 1.99. The smallest absolute Gasteiger partial charge is 0.135 e. The molecule has 1 atom stereocenters. The summed E-state index contributed by atoms with van der Waals surface area (Å²) in [6.07, 6.45) is 0.782. The minimum Gasteiger partial charge on any atom is -0.392 e. The van der Waals surface area contributed by atoms with Crippen molar-refractivity contribution in [2.45, 2.75) is 52.6 Å². The molecule has 0 aliphatic rings. The number of carbonyl (C=O) groups is 2. The van der Waals surface area contributed by atoms with E-state index in [0.717, 1.165) is 6.42 Å². The molecule has 0 bridgehead atoms. The van der Waals surface area contributed by atoms with Crippen LogP contribution in [0.3, 0.4) is 0 Å². The lowest BCUT2D eigenvalue weighted by molar-refractivity contribution is -0.122. The monoisotopic (exact) mass is 200 g/mol. The van der Waals surface area contributed by atoms with E-state index in [1.807, 2.05) is 0 Å². The summed E-state index contributed by atoms with van der Waals surface area (Å²) >= 11 is 0. The highest BCUT2D eigenvalue weighted by Crippen LogP contribution is 2.08. The molecule has 0 radical (unpaired) electrons. The highest BCUT2D eigenvalue weighted by Gasteiger charge is 2.12. The van der Waals surface area contributed by atoms with Crippen LogP contribution in [0, 0.1) is 5.92 Å². The second-order valence-corrected chi connectivity index (χ2v) is 4.24. The van der Waals surface area contributed by atoms with Crippen LogP contribution < -0.4 is 0 Å². The van der Waals surface area contributed by atoms with Gasteiger partial charge in [0.05, 0.1) is 6.10 Å². The number of hydrogen-bond donors (Lipinski definition) is 1. The largest absolute Gasteiger partial charge is 0.392 e. The number of aliphatic hydroxyl groups is 1. The molecule has 3 nitrogen and oxygen atoms in total. The molecule has 14 heavy (non-hydrogen) atoms. The molecule has 0 aliphatic heterocycles. The van der Waals surface area contributed by atoms with Crippen LogP contribution in [0.4, 0.5) is 0 Å².